The van der Waals surface area contributed by atoms with Gasteiger partial charge in [-0.05, 0) is 54.8 Å². The van der Waals surface area contributed by atoms with Gasteiger partial charge in [0.2, 0.25) is 10.0 Å². The van der Waals surface area contributed by atoms with Crippen LogP contribution in [0.15, 0.2) is 41.3 Å². The van der Waals surface area contributed by atoms with Gasteiger partial charge in [-0.25, -0.2) is 13.1 Å². The highest BCUT2D eigenvalue weighted by molar-refractivity contribution is 7.89. The van der Waals surface area contributed by atoms with Crippen molar-refractivity contribution < 1.29 is 22.6 Å². The molecule has 0 saturated heterocycles. The molecule has 1 unspecified atom stereocenters. The lowest BCUT2D eigenvalue weighted by molar-refractivity contribution is 0.107. The first kappa shape index (κ1) is 20.2. The Morgan fingerprint density at radius 2 is 1.69 bits per heavy atom. The molecule has 0 aliphatic heterocycles. The van der Waals surface area contributed by atoms with Gasteiger partial charge in [0.05, 0.1) is 20.3 Å². The topological polar surface area (TPSA) is 73.9 Å². The van der Waals surface area contributed by atoms with Crippen LogP contribution in [0.5, 0.6) is 11.5 Å². The third kappa shape index (κ3) is 4.55. The molecule has 0 saturated carbocycles. The second-order valence-corrected chi connectivity index (χ2v) is 7.68. The SMILES string of the molecule is COc1cccc(C(CNS(=O)(=O)c2cc(C)c(C)cc2OC)OC)c1. The van der Waals surface area contributed by atoms with Crippen LogP contribution in [0, 0.1) is 13.8 Å². The van der Waals surface area contributed by atoms with Crippen LogP contribution in [-0.2, 0) is 14.8 Å². The molecule has 142 valence electrons. The van der Waals surface area contributed by atoms with E-state index in [1.807, 2.05) is 38.1 Å². The van der Waals surface area contributed by atoms with Crippen LogP contribution in [0.3, 0.4) is 0 Å². The summed E-state index contributed by atoms with van der Waals surface area (Å²) in [5.41, 5.74) is 2.66. The Morgan fingerprint density at radius 1 is 1.00 bits per heavy atom. The van der Waals surface area contributed by atoms with E-state index in [1.165, 1.54) is 14.2 Å². The fourth-order valence-electron chi connectivity index (χ4n) is 2.57. The fourth-order valence-corrected chi connectivity index (χ4v) is 3.84. The second kappa shape index (κ2) is 8.53. The molecule has 0 radical (unpaired) electrons. The molecule has 0 aliphatic rings. The predicted molar refractivity (Wildman–Crippen MR) is 100 cm³/mol. The minimum Gasteiger partial charge on any atom is -0.497 e. The summed E-state index contributed by atoms with van der Waals surface area (Å²) >= 11 is 0. The van der Waals surface area contributed by atoms with Gasteiger partial charge in [-0.1, -0.05) is 12.1 Å². The fraction of sp³-hybridized carbons (Fsp3) is 0.368. The normalized spacial score (nSPS) is 12.7. The Morgan fingerprint density at radius 3 is 2.31 bits per heavy atom. The van der Waals surface area contributed by atoms with Crippen molar-refractivity contribution in [2.24, 2.45) is 0 Å². The van der Waals surface area contributed by atoms with Crippen molar-refractivity contribution in [2.75, 3.05) is 27.9 Å². The van der Waals surface area contributed by atoms with E-state index in [2.05, 4.69) is 4.72 Å². The van der Waals surface area contributed by atoms with Gasteiger partial charge in [-0.3, -0.25) is 0 Å². The highest BCUT2D eigenvalue weighted by atomic mass is 32.2. The summed E-state index contributed by atoms with van der Waals surface area (Å²) in [6.07, 6.45) is -0.447. The number of hydrogen-bond donors (Lipinski definition) is 1. The van der Waals surface area contributed by atoms with Crippen LogP contribution in [0.1, 0.15) is 22.8 Å². The van der Waals surface area contributed by atoms with Crippen LogP contribution in [0.4, 0.5) is 0 Å². The Balaban J connectivity index is 2.25. The molecule has 0 heterocycles. The molecule has 7 heteroatoms. The first-order valence-electron chi connectivity index (χ1n) is 8.14. The van der Waals surface area contributed by atoms with Crippen LogP contribution in [0.2, 0.25) is 0 Å². The zero-order valence-corrected chi connectivity index (χ0v) is 16.5. The summed E-state index contributed by atoms with van der Waals surface area (Å²) in [5, 5.41) is 0. The lowest BCUT2D eigenvalue weighted by atomic mass is 10.1. The van der Waals surface area contributed by atoms with E-state index in [9.17, 15) is 8.42 Å². The van der Waals surface area contributed by atoms with E-state index in [0.29, 0.717) is 11.5 Å². The lowest BCUT2D eigenvalue weighted by Gasteiger charge is -2.18. The number of aryl methyl sites for hydroxylation is 2. The maximum absolute atomic E-state index is 12.8. The predicted octanol–water partition coefficient (Wildman–Crippen LogP) is 2.99. The number of benzene rings is 2. The van der Waals surface area contributed by atoms with Gasteiger partial charge in [0, 0.05) is 13.7 Å². The van der Waals surface area contributed by atoms with Gasteiger partial charge in [-0.15, -0.1) is 0 Å². The summed E-state index contributed by atoms with van der Waals surface area (Å²) in [7, 11) is 0.814. The molecule has 2 rings (SSSR count). The molecular weight excluding hydrogens is 354 g/mol. The number of nitrogens with one attached hydrogen (secondary N) is 1. The van der Waals surface area contributed by atoms with E-state index >= 15 is 0 Å². The van der Waals surface area contributed by atoms with Crippen molar-refractivity contribution in [3.63, 3.8) is 0 Å². The first-order valence-corrected chi connectivity index (χ1v) is 9.62. The van der Waals surface area contributed by atoms with E-state index in [-0.39, 0.29) is 11.4 Å². The minimum absolute atomic E-state index is 0.0854. The summed E-state index contributed by atoms with van der Waals surface area (Å²) in [6, 6.07) is 10.7. The van der Waals surface area contributed by atoms with E-state index in [4.69, 9.17) is 14.2 Å². The summed E-state index contributed by atoms with van der Waals surface area (Å²) < 4.78 is 44.1. The van der Waals surface area contributed by atoms with Crippen molar-refractivity contribution in [2.45, 2.75) is 24.8 Å². The Bertz CT molecular complexity index is 864. The third-order valence-electron chi connectivity index (χ3n) is 4.28. The molecule has 0 aliphatic carbocycles. The molecule has 0 aromatic heterocycles. The summed E-state index contributed by atoms with van der Waals surface area (Å²) in [5.74, 6) is 0.999. The van der Waals surface area contributed by atoms with Gasteiger partial charge in [-0.2, -0.15) is 0 Å². The van der Waals surface area contributed by atoms with Gasteiger partial charge in [0.25, 0.3) is 0 Å². The third-order valence-corrected chi connectivity index (χ3v) is 5.72. The van der Waals surface area contributed by atoms with Crippen LogP contribution in [0.25, 0.3) is 0 Å². The van der Waals surface area contributed by atoms with E-state index < -0.39 is 16.1 Å². The van der Waals surface area contributed by atoms with E-state index in [1.54, 1.807) is 19.2 Å². The molecule has 26 heavy (non-hydrogen) atoms. The Kier molecular flexibility index (Phi) is 6.63. The zero-order valence-electron chi connectivity index (χ0n) is 15.7. The van der Waals surface area contributed by atoms with E-state index in [0.717, 1.165) is 16.7 Å². The standard InChI is InChI=1S/C19H25NO5S/c1-13-9-17(24-4)19(10-14(13)2)26(21,22)20-12-18(25-5)15-7-6-8-16(11-15)23-3/h6-11,18,20H,12H2,1-5H3. The Labute approximate surface area is 155 Å². The summed E-state index contributed by atoms with van der Waals surface area (Å²) in [6.45, 7) is 3.86. The monoisotopic (exact) mass is 379 g/mol. The quantitative estimate of drug-likeness (QED) is 0.763. The molecular formula is C19H25NO5S. The largest absolute Gasteiger partial charge is 0.497 e. The maximum Gasteiger partial charge on any atom is 0.244 e. The molecule has 0 amide bonds. The average molecular weight is 379 g/mol. The molecule has 6 nitrogen and oxygen atoms in total. The number of sulfonamides is 1. The van der Waals surface area contributed by atoms with Gasteiger partial charge >= 0.3 is 0 Å². The van der Waals surface area contributed by atoms with Crippen molar-refractivity contribution in [3.8, 4) is 11.5 Å². The van der Waals surface area contributed by atoms with Crippen LogP contribution < -0.4 is 14.2 Å². The number of ether oxygens (including phenoxy) is 3. The van der Waals surface area contributed by atoms with Crippen molar-refractivity contribution in [1.29, 1.82) is 0 Å². The van der Waals surface area contributed by atoms with Gasteiger partial charge in [0.15, 0.2) is 0 Å². The zero-order chi connectivity index (χ0) is 19.3. The van der Waals surface area contributed by atoms with Crippen molar-refractivity contribution >= 4 is 10.0 Å². The molecule has 2 aromatic carbocycles. The van der Waals surface area contributed by atoms with Gasteiger partial charge in [0.1, 0.15) is 16.4 Å². The molecule has 0 fully saturated rings. The maximum atomic E-state index is 12.8. The molecule has 2 aromatic rings. The number of hydrogen-bond acceptors (Lipinski definition) is 5. The lowest BCUT2D eigenvalue weighted by Crippen LogP contribution is -2.29. The smallest absolute Gasteiger partial charge is 0.244 e. The van der Waals surface area contributed by atoms with Crippen LogP contribution in [-0.4, -0.2) is 36.3 Å². The Hall–Kier alpha value is -2.09. The highest BCUT2D eigenvalue weighted by Gasteiger charge is 2.22. The number of methoxy groups -OCH3 is 3. The number of rotatable bonds is 8. The van der Waals surface area contributed by atoms with Crippen molar-refractivity contribution in [3.05, 3.63) is 53.1 Å². The molecule has 1 atom stereocenters. The molecule has 1 N–H and O–H groups in total. The van der Waals surface area contributed by atoms with Crippen molar-refractivity contribution in [1.82, 2.24) is 4.72 Å². The first-order chi connectivity index (χ1) is 12.3. The highest BCUT2D eigenvalue weighted by Crippen LogP contribution is 2.28. The van der Waals surface area contributed by atoms with Gasteiger partial charge < -0.3 is 14.2 Å². The molecule has 0 bridgehead atoms. The average Bonchev–Trinajstić information content (AvgIpc) is 2.64. The molecule has 0 spiro atoms. The minimum atomic E-state index is -3.76. The summed E-state index contributed by atoms with van der Waals surface area (Å²) in [4.78, 5) is 0.114. The van der Waals surface area contributed by atoms with Crippen LogP contribution >= 0.6 is 0 Å². The second-order valence-electron chi connectivity index (χ2n) is 5.94.